The van der Waals surface area contributed by atoms with Crippen molar-refractivity contribution in [2.75, 3.05) is 13.1 Å². The van der Waals surface area contributed by atoms with Gasteiger partial charge in [-0.1, -0.05) is 6.92 Å². The van der Waals surface area contributed by atoms with Crippen molar-refractivity contribution < 1.29 is 14.7 Å². The molecular weight excluding hydrogens is 234 g/mol. The molecule has 1 aliphatic rings. The number of carbonyl (C=O) groups excluding carboxylic acids is 1. The SMILES string of the molecule is CCc1nn(C)cc1C(=O)N1CC(CC(=O)O)C1. The van der Waals surface area contributed by atoms with E-state index in [0.29, 0.717) is 25.1 Å². The third kappa shape index (κ3) is 2.37. The molecule has 1 saturated heterocycles. The second-order valence-electron chi connectivity index (χ2n) is 4.69. The molecule has 0 bridgehead atoms. The third-order valence-electron chi connectivity index (χ3n) is 3.18. The van der Waals surface area contributed by atoms with E-state index in [4.69, 9.17) is 5.11 Å². The monoisotopic (exact) mass is 251 g/mol. The van der Waals surface area contributed by atoms with E-state index in [0.717, 1.165) is 5.69 Å². The molecular formula is C12H17N3O3. The summed E-state index contributed by atoms with van der Waals surface area (Å²) in [5.74, 6) is -0.752. The minimum Gasteiger partial charge on any atom is -0.481 e. The van der Waals surface area contributed by atoms with Crippen molar-refractivity contribution in [3.8, 4) is 0 Å². The second kappa shape index (κ2) is 4.80. The van der Waals surface area contributed by atoms with Gasteiger partial charge in [0.25, 0.3) is 5.91 Å². The predicted octanol–water partition coefficient (Wildman–Crippen LogP) is 0.529. The fourth-order valence-electron chi connectivity index (χ4n) is 2.26. The Morgan fingerprint density at radius 2 is 2.17 bits per heavy atom. The lowest BCUT2D eigenvalue weighted by Crippen LogP contribution is -2.50. The van der Waals surface area contributed by atoms with Crippen molar-refractivity contribution >= 4 is 11.9 Å². The van der Waals surface area contributed by atoms with Crippen LogP contribution in [0.15, 0.2) is 6.20 Å². The fourth-order valence-corrected chi connectivity index (χ4v) is 2.26. The second-order valence-corrected chi connectivity index (χ2v) is 4.69. The van der Waals surface area contributed by atoms with E-state index in [2.05, 4.69) is 5.10 Å². The molecule has 1 fully saturated rings. The first-order valence-electron chi connectivity index (χ1n) is 6.04. The zero-order chi connectivity index (χ0) is 13.3. The summed E-state index contributed by atoms with van der Waals surface area (Å²) in [7, 11) is 1.79. The van der Waals surface area contributed by atoms with E-state index in [1.165, 1.54) is 0 Å². The van der Waals surface area contributed by atoms with Crippen LogP contribution < -0.4 is 0 Å². The summed E-state index contributed by atoms with van der Waals surface area (Å²) in [4.78, 5) is 24.4. The summed E-state index contributed by atoms with van der Waals surface area (Å²) in [5.41, 5.74) is 1.43. The molecule has 0 atom stereocenters. The quantitative estimate of drug-likeness (QED) is 0.847. The van der Waals surface area contributed by atoms with Crippen LogP contribution in [0.3, 0.4) is 0 Å². The molecule has 1 amide bonds. The summed E-state index contributed by atoms with van der Waals surface area (Å²) in [6.07, 6.45) is 2.58. The molecule has 0 aromatic carbocycles. The van der Waals surface area contributed by atoms with Gasteiger partial charge in [0.05, 0.1) is 17.7 Å². The molecule has 1 N–H and O–H groups in total. The summed E-state index contributed by atoms with van der Waals surface area (Å²) in [6.45, 7) is 3.02. The maximum absolute atomic E-state index is 12.2. The highest BCUT2D eigenvalue weighted by Gasteiger charge is 2.33. The number of aryl methyl sites for hydroxylation is 2. The highest BCUT2D eigenvalue weighted by atomic mass is 16.4. The van der Waals surface area contributed by atoms with Gasteiger partial charge in [-0.25, -0.2) is 0 Å². The average Bonchev–Trinajstić information content (AvgIpc) is 2.63. The smallest absolute Gasteiger partial charge is 0.303 e. The Morgan fingerprint density at radius 1 is 1.50 bits per heavy atom. The molecule has 1 aliphatic heterocycles. The number of nitrogens with zero attached hydrogens (tertiary/aromatic N) is 3. The number of hydrogen-bond acceptors (Lipinski definition) is 3. The first-order valence-corrected chi connectivity index (χ1v) is 6.04. The molecule has 18 heavy (non-hydrogen) atoms. The Balaban J connectivity index is 1.99. The van der Waals surface area contributed by atoms with Crippen molar-refractivity contribution in [1.82, 2.24) is 14.7 Å². The number of carbonyl (C=O) groups is 2. The van der Waals surface area contributed by atoms with Gasteiger partial charge in [0, 0.05) is 32.3 Å². The fraction of sp³-hybridized carbons (Fsp3) is 0.583. The van der Waals surface area contributed by atoms with Crippen LogP contribution in [-0.2, 0) is 18.3 Å². The Labute approximate surface area is 105 Å². The number of carboxylic acids is 1. The molecule has 2 heterocycles. The Bertz CT molecular complexity index is 475. The van der Waals surface area contributed by atoms with Crippen LogP contribution in [0.25, 0.3) is 0 Å². The number of hydrogen-bond donors (Lipinski definition) is 1. The van der Waals surface area contributed by atoms with Gasteiger partial charge < -0.3 is 10.0 Å². The number of amides is 1. The van der Waals surface area contributed by atoms with Gasteiger partial charge in [0.2, 0.25) is 0 Å². The summed E-state index contributed by atoms with van der Waals surface area (Å²) in [6, 6.07) is 0. The summed E-state index contributed by atoms with van der Waals surface area (Å²) >= 11 is 0. The Hall–Kier alpha value is -1.85. The van der Waals surface area contributed by atoms with Gasteiger partial charge >= 0.3 is 5.97 Å². The maximum atomic E-state index is 12.2. The standard InChI is InChI=1S/C12H17N3O3/c1-3-10-9(7-14(2)13-10)12(18)15-5-8(6-15)4-11(16)17/h7-8H,3-6H2,1-2H3,(H,16,17). The highest BCUT2D eigenvalue weighted by Crippen LogP contribution is 2.22. The Morgan fingerprint density at radius 3 is 2.72 bits per heavy atom. The number of likely N-dealkylation sites (tertiary alicyclic amines) is 1. The first kappa shape index (κ1) is 12.6. The number of aliphatic carboxylic acids is 1. The normalized spacial score (nSPS) is 15.6. The van der Waals surface area contributed by atoms with Gasteiger partial charge in [0.1, 0.15) is 0 Å². The van der Waals surface area contributed by atoms with E-state index in [-0.39, 0.29) is 18.2 Å². The summed E-state index contributed by atoms with van der Waals surface area (Å²) in [5, 5.41) is 12.9. The number of rotatable bonds is 4. The van der Waals surface area contributed by atoms with Gasteiger partial charge in [-0.2, -0.15) is 5.10 Å². The highest BCUT2D eigenvalue weighted by molar-refractivity contribution is 5.95. The molecule has 2 rings (SSSR count). The summed E-state index contributed by atoms with van der Waals surface area (Å²) < 4.78 is 1.64. The molecule has 6 nitrogen and oxygen atoms in total. The molecule has 0 radical (unpaired) electrons. The van der Waals surface area contributed by atoms with Gasteiger partial charge in [0.15, 0.2) is 0 Å². The lowest BCUT2D eigenvalue weighted by Gasteiger charge is -2.38. The van der Waals surface area contributed by atoms with Crippen molar-refractivity contribution in [3.63, 3.8) is 0 Å². The Kier molecular flexibility index (Phi) is 3.36. The molecule has 1 aromatic heterocycles. The van der Waals surface area contributed by atoms with E-state index >= 15 is 0 Å². The molecule has 1 aromatic rings. The maximum Gasteiger partial charge on any atom is 0.303 e. The largest absolute Gasteiger partial charge is 0.481 e. The molecule has 0 saturated carbocycles. The minimum absolute atomic E-state index is 0.0402. The molecule has 0 spiro atoms. The predicted molar refractivity (Wildman–Crippen MR) is 64.2 cm³/mol. The van der Waals surface area contributed by atoms with Crippen molar-refractivity contribution in [1.29, 1.82) is 0 Å². The minimum atomic E-state index is -0.803. The van der Waals surface area contributed by atoms with Crippen LogP contribution >= 0.6 is 0 Å². The number of carboxylic acid groups (broad SMARTS) is 1. The van der Waals surface area contributed by atoms with Crippen LogP contribution in [0.2, 0.25) is 0 Å². The zero-order valence-electron chi connectivity index (χ0n) is 10.6. The van der Waals surface area contributed by atoms with E-state index in [1.807, 2.05) is 6.92 Å². The van der Waals surface area contributed by atoms with Crippen LogP contribution in [0.4, 0.5) is 0 Å². The van der Waals surface area contributed by atoms with Crippen LogP contribution in [0.5, 0.6) is 0 Å². The molecule has 0 unspecified atom stereocenters. The zero-order valence-corrected chi connectivity index (χ0v) is 10.6. The molecule has 0 aliphatic carbocycles. The molecule has 98 valence electrons. The lowest BCUT2D eigenvalue weighted by atomic mass is 9.95. The lowest BCUT2D eigenvalue weighted by molar-refractivity contribution is -0.139. The van der Waals surface area contributed by atoms with Crippen molar-refractivity contribution in [2.24, 2.45) is 13.0 Å². The van der Waals surface area contributed by atoms with Gasteiger partial charge in [-0.05, 0) is 6.42 Å². The third-order valence-corrected chi connectivity index (χ3v) is 3.18. The first-order chi connectivity index (χ1) is 8.51. The van der Waals surface area contributed by atoms with E-state index in [9.17, 15) is 9.59 Å². The van der Waals surface area contributed by atoms with E-state index < -0.39 is 5.97 Å². The number of aromatic nitrogens is 2. The average molecular weight is 251 g/mol. The van der Waals surface area contributed by atoms with Gasteiger partial charge in [-0.15, -0.1) is 0 Å². The van der Waals surface area contributed by atoms with Gasteiger partial charge in [-0.3, -0.25) is 14.3 Å². The van der Waals surface area contributed by atoms with Crippen LogP contribution in [0, 0.1) is 5.92 Å². The van der Waals surface area contributed by atoms with Crippen molar-refractivity contribution in [2.45, 2.75) is 19.8 Å². The molecule has 6 heteroatoms. The topological polar surface area (TPSA) is 75.4 Å². The van der Waals surface area contributed by atoms with Crippen LogP contribution in [0.1, 0.15) is 29.4 Å². The van der Waals surface area contributed by atoms with Crippen LogP contribution in [-0.4, -0.2) is 44.8 Å². The van der Waals surface area contributed by atoms with E-state index in [1.54, 1.807) is 22.8 Å². The van der Waals surface area contributed by atoms with Crippen molar-refractivity contribution in [3.05, 3.63) is 17.5 Å².